The van der Waals surface area contributed by atoms with E-state index in [1.54, 1.807) is 6.92 Å². The van der Waals surface area contributed by atoms with Gasteiger partial charge in [-0.2, -0.15) is 0 Å². The normalized spacial score (nSPS) is 20.1. The highest BCUT2D eigenvalue weighted by Gasteiger charge is 2.18. The molecule has 0 aromatic heterocycles. The SMILES string of the molecule is CC(CN)[C@@H](O)C(C)CO. The minimum Gasteiger partial charge on any atom is -0.396 e. The number of hydrogen-bond acceptors (Lipinski definition) is 3. The molecule has 0 aromatic carbocycles. The molecule has 0 aliphatic heterocycles. The predicted octanol–water partition coefficient (Wildman–Crippen LogP) is -0.430. The van der Waals surface area contributed by atoms with Crippen LogP contribution in [0.15, 0.2) is 0 Å². The lowest BCUT2D eigenvalue weighted by molar-refractivity contribution is 0.0396. The Morgan fingerprint density at radius 2 is 1.80 bits per heavy atom. The molecular weight excluding hydrogens is 130 g/mol. The summed E-state index contributed by atoms with van der Waals surface area (Å²) in [5.41, 5.74) is 5.32. The first-order chi connectivity index (χ1) is 4.63. The van der Waals surface area contributed by atoms with Crippen molar-refractivity contribution in [1.82, 2.24) is 0 Å². The van der Waals surface area contributed by atoms with E-state index in [4.69, 9.17) is 10.8 Å². The van der Waals surface area contributed by atoms with Gasteiger partial charge in [0.1, 0.15) is 0 Å². The Bertz CT molecular complexity index is 77.7. The number of aliphatic hydroxyl groups excluding tert-OH is 2. The maximum atomic E-state index is 9.35. The van der Waals surface area contributed by atoms with Crippen LogP contribution >= 0.6 is 0 Å². The van der Waals surface area contributed by atoms with Gasteiger partial charge in [0, 0.05) is 12.5 Å². The second kappa shape index (κ2) is 4.66. The Balaban J connectivity index is 3.69. The maximum absolute atomic E-state index is 9.35. The van der Waals surface area contributed by atoms with Gasteiger partial charge in [0.25, 0.3) is 0 Å². The lowest BCUT2D eigenvalue weighted by Gasteiger charge is -2.21. The number of hydrogen-bond donors (Lipinski definition) is 3. The van der Waals surface area contributed by atoms with Crippen molar-refractivity contribution in [2.75, 3.05) is 13.2 Å². The van der Waals surface area contributed by atoms with Crippen molar-refractivity contribution in [3.8, 4) is 0 Å². The fraction of sp³-hybridized carbons (Fsp3) is 1.00. The highest BCUT2D eigenvalue weighted by atomic mass is 16.3. The van der Waals surface area contributed by atoms with Crippen LogP contribution in [0, 0.1) is 11.8 Å². The fourth-order valence-electron chi connectivity index (χ4n) is 0.808. The third-order valence-corrected chi connectivity index (χ3v) is 1.83. The summed E-state index contributed by atoms with van der Waals surface area (Å²) in [5.74, 6) is 0.000648. The number of rotatable bonds is 4. The molecule has 0 spiro atoms. The highest BCUT2D eigenvalue weighted by Crippen LogP contribution is 2.10. The summed E-state index contributed by atoms with van der Waals surface area (Å²) in [6.07, 6.45) is -0.477. The van der Waals surface area contributed by atoms with Crippen LogP contribution in [0.4, 0.5) is 0 Å². The molecule has 0 heterocycles. The molecule has 3 nitrogen and oxygen atoms in total. The van der Waals surface area contributed by atoms with Crippen molar-refractivity contribution >= 4 is 0 Å². The molecule has 3 atom stereocenters. The van der Waals surface area contributed by atoms with Crippen molar-refractivity contribution in [2.24, 2.45) is 17.6 Å². The van der Waals surface area contributed by atoms with E-state index >= 15 is 0 Å². The van der Waals surface area contributed by atoms with Crippen molar-refractivity contribution in [3.63, 3.8) is 0 Å². The maximum Gasteiger partial charge on any atom is 0.0625 e. The van der Waals surface area contributed by atoms with Crippen LogP contribution in [0.1, 0.15) is 13.8 Å². The molecule has 0 saturated heterocycles. The average Bonchev–Trinajstić information content (AvgIpc) is 2.00. The Hall–Kier alpha value is -0.120. The highest BCUT2D eigenvalue weighted by molar-refractivity contribution is 4.70. The third kappa shape index (κ3) is 2.64. The van der Waals surface area contributed by atoms with E-state index < -0.39 is 6.10 Å². The summed E-state index contributed by atoms with van der Waals surface area (Å²) in [6.45, 7) is 4.16. The summed E-state index contributed by atoms with van der Waals surface area (Å²) in [4.78, 5) is 0. The minimum absolute atomic E-state index is 0.0194. The van der Waals surface area contributed by atoms with Gasteiger partial charge in [-0.1, -0.05) is 13.8 Å². The Morgan fingerprint density at radius 3 is 2.10 bits per heavy atom. The van der Waals surface area contributed by atoms with Gasteiger partial charge in [-0.3, -0.25) is 0 Å². The molecule has 0 aliphatic rings. The number of nitrogens with two attached hydrogens (primary N) is 1. The third-order valence-electron chi connectivity index (χ3n) is 1.83. The number of aliphatic hydroxyl groups is 2. The molecule has 0 saturated carbocycles. The zero-order valence-corrected chi connectivity index (χ0v) is 6.62. The molecule has 0 radical (unpaired) electrons. The van der Waals surface area contributed by atoms with E-state index in [1.165, 1.54) is 0 Å². The summed E-state index contributed by atoms with van der Waals surface area (Å²) in [5, 5.41) is 18.0. The summed E-state index contributed by atoms with van der Waals surface area (Å²) in [7, 11) is 0. The zero-order chi connectivity index (χ0) is 8.15. The van der Waals surface area contributed by atoms with E-state index in [2.05, 4.69) is 0 Å². The topological polar surface area (TPSA) is 66.5 Å². The van der Waals surface area contributed by atoms with Gasteiger partial charge in [-0.25, -0.2) is 0 Å². The van der Waals surface area contributed by atoms with E-state index in [9.17, 15) is 5.11 Å². The first-order valence-electron chi connectivity index (χ1n) is 3.62. The first-order valence-corrected chi connectivity index (χ1v) is 3.62. The Morgan fingerprint density at radius 1 is 1.30 bits per heavy atom. The summed E-state index contributed by atoms with van der Waals surface area (Å²) < 4.78 is 0. The second-order valence-electron chi connectivity index (χ2n) is 2.86. The van der Waals surface area contributed by atoms with Gasteiger partial charge in [0.2, 0.25) is 0 Å². The molecule has 62 valence electrons. The molecule has 10 heavy (non-hydrogen) atoms. The molecule has 0 fully saturated rings. The molecule has 0 amide bonds. The van der Waals surface area contributed by atoms with E-state index in [0.29, 0.717) is 6.54 Å². The fourth-order valence-corrected chi connectivity index (χ4v) is 0.808. The van der Waals surface area contributed by atoms with Crippen molar-refractivity contribution < 1.29 is 10.2 Å². The second-order valence-corrected chi connectivity index (χ2v) is 2.86. The molecule has 4 N–H and O–H groups in total. The largest absolute Gasteiger partial charge is 0.396 e. The van der Waals surface area contributed by atoms with Crippen molar-refractivity contribution in [2.45, 2.75) is 20.0 Å². The molecule has 2 unspecified atom stereocenters. The van der Waals surface area contributed by atoms with Gasteiger partial charge < -0.3 is 15.9 Å². The average molecular weight is 147 g/mol. The van der Waals surface area contributed by atoms with Crippen molar-refractivity contribution in [3.05, 3.63) is 0 Å². The van der Waals surface area contributed by atoms with Crippen LogP contribution in [-0.4, -0.2) is 29.5 Å². The van der Waals surface area contributed by atoms with E-state index in [0.717, 1.165) is 0 Å². The summed E-state index contributed by atoms with van der Waals surface area (Å²) >= 11 is 0. The van der Waals surface area contributed by atoms with Crippen LogP contribution in [0.25, 0.3) is 0 Å². The molecule has 3 heteroatoms. The van der Waals surface area contributed by atoms with Crippen LogP contribution < -0.4 is 5.73 Å². The van der Waals surface area contributed by atoms with Crippen molar-refractivity contribution in [1.29, 1.82) is 0 Å². The van der Waals surface area contributed by atoms with Gasteiger partial charge in [0.15, 0.2) is 0 Å². The Labute approximate surface area is 61.9 Å². The van der Waals surface area contributed by atoms with Crippen LogP contribution in [-0.2, 0) is 0 Å². The minimum atomic E-state index is -0.477. The lowest BCUT2D eigenvalue weighted by Crippen LogP contribution is -2.32. The van der Waals surface area contributed by atoms with Gasteiger partial charge in [0.05, 0.1) is 6.10 Å². The zero-order valence-electron chi connectivity index (χ0n) is 6.62. The first kappa shape index (κ1) is 9.88. The molecule has 0 bridgehead atoms. The smallest absolute Gasteiger partial charge is 0.0625 e. The van der Waals surface area contributed by atoms with Gasteiger partial charge in [-0.05, 0) is 12.5 Å². The van der Waals surface area contributed by atoms with Crippen LogP contribution in [0.5, 0.6) is 0 Å². The van der Waals surface area contributed by atoms with Crippen LogP contribution in [0.3, 0.4) is 0 Å². The summed E-state index contributed by atoms with van der Waals surface area (Å²) in [6, 6.07) is 0. The predicted molar refractivity (Wildman–Crippen MR) is 40.5 cm³/mol. The van der Waals surface area contributed by atoms with E-state index in [1.807, 2.05) is 6.92 Å². The molecular formula is C7H17NO2. The van der Waals surface area contributed by atoms with Gasteiger partial charge in [-0.15, -0.1) is 0 Å². The van der Waals surface area contributed by atoms with Gasteiger partial charge >= 0.3 is 0 Å². The molecule has 0 aliphatic carbocycles. The monoisotopic (exact) mass is 147 g/mol. The molecule has 0 rings (SSSR count). The van der Waals surface area contributed by atoms with E-state index in [-0.39, 0.29) is 18.4 Å². The Kier molecular flexibility index (Phi) is 4.60. The molecule has 0 aromatic rings. The van der Waals surface area contributed by atoms with Crippen LogP contribution in [0.2, 0.25) is 0 Å². The lowest BCUT2D eigenvalue weighted by atomic mass is 9.94. The quantitative estimate of drug-likeness (QED) is 0.505. The standard InChI is InChI=1S/C7H17NO2/c1-5(3-8)7(10)6(2)4-9/h5-7,9-10H,3-4,8H2,1-2H3/t5?,6?,7-/m1/s1.